The van der Waals surface area contributed by atoms with E-state index in [9.17, 15) is 4.79 Å². The molecular formula is C31H36N4O3S2. The highest BCUT2D eigenvalue weighted by atomic mass is 32.2. The van der Waals surface area contributed by atoms with Crippen molar-refractivity contribution in [2.45, 2.75) is 57.3 Å². The third kappa shape index (κ3) is 5.54. The molecule has 0 amide bonds. The summed E-state index contributed by atoms with van der Waals surface area (Å²) in [5, 5.41) is 3.92. The molecule has 3 aromatic rings. The van der Waals surface area contributed by atoms with Crippen molar-refractivity contribution in [2.24, 2.45) is 0 Å². The molecule has 210 valence electrons. The number of nitrogens with one attached hydrogen (secondary N) is 2. The largest absolute Gasteiger partial charge is 0.381 e. The summed E-state index contributed by atoms with van der Waals surface area (Å²) in [6, 6.07) is 18.1. The van der Waals surface area contributed by atoms with Gasteiger partial charge >= 0.3 is 0 Å². The molecule has 40 heavy (non-hydrogen) atoms. The van der Waals surface area contributed by atoms with E-state index in [1.807, 2.05) is 11.8 Å². The Kier molecular flexibility index (Phi) is 7.82. The summed E-state index contributed by atoms with van der Waals surface area (Å²) >= 11 is 3.63. The van der Waals surface area contributed by atoms with Crippen LogP contribution in [0, 0.1) is 0 Å². The van der Waals surface area contributed by atoms with Gasteiger partial charge in [0.05, 0.1) is 32.1 Å². The monoisotopic (exact) mass is 576 g/mol. The fourth-order valence-corrected chi connectivity index (χ4v) is 8.83. The molecule has 3 fully saturated rings. The van der Waals surface area contributed by atoms with E-state index in [4.69, 9.17) is 9.47 Å². The lowest BCUT2D eigenvalue weighted by atomic mass is 9.88. The quantitative estimate of drug-likeness (QED) is 0.321. The van der Waals surface area contributed by atoms with Crippen LogP contribution in [0.5, 0.6) is 0 Å². The molecule has 2 aromatic carbocycles. The number of nitrogens with zero attached hydrogens (tertiary/aromatic N) is 2. The molecule has 0 unspecified atom stereocenters. The highest BCUT2D eigenvalue weighted by Crippen LogP contribution is 2.52. The number of ether oxygens (including phenoxy) is 2. The Bertz CT molecular complexity index is 1420. The van der Waals surface area contributed by atoms with Gasteiger partial charge in [0.2, 0.25) is 5.56 Å². The molecule has 2 saturated heterocycles. The molecule has 0 radical (unpaired) electrons. The Hall–Kier alpha value is -2.43. The summed E-state index contributed by atoms with van der Waals surface area (Å²) in [7, 11) is 0. The van der Waals surface area contributed by atoms with Gasteiger partial charge in [0.15, 0.2) is 0 Å². The second-order valence-electron chi connectivity index (χ2n) is 11.0. The fourth-order valence-electron chi connectivity index (χ4n) is 6.42. The van der Waals surface area contributed by atoms with Gasteiger partial charge in [-0.15, -0.1) is 0 Å². The van der Waals surface area contributed by atoms with Gasteiger partial charge in [-0.3, -0.25) is 9.69 Å². The maximum atomic E-state index is 12.7. The lowest BCUT2D eigenvalue weighted by Gasteiger charge is -2.42. The number of hydrogen-bond donors (Lipinski definition) is 2. The first-order valence-corrected chi connectivity index (χ1v) is 16.1. The predicted octanol–water partition coefficient (Wildman–Crippen LogP) is 5.55. The molecule has 2 N–H and O–H groups in total. The highest BCUT2D eigenvalue weighted by Gasteiger charge is 2.31. The standard InChI is InChI=1S/C31H36N4O3S2/c36-30-20-22(34-10-14-37-15-11-34)19-25(33-30)23-4-3-7-28-31(23)40-27-9-8-21(18-29(27)39-28)32-24-5-1-2-6-26(24)35-12-16-38-17-13-35/h3-4,7-9,18-20,24,26,32H,1-2,5-6,10-17H2,(H,33,36)/t24-,26-/m1/s1. The van der Waals surface area contributed by atoms with Crippen molar-refractivity contribution in [3.8, 4) is 11.3 Å². The summed E-state index contributed by atoms with van der Waals surface area (Å²) in [5.41, 5.74) is 4.04. The first kappa shape index (κ1) is 26.5. The normalized spacial score (nSPS) is 23.4. The van der Waals surface area contributed by atoms with E-state index in [1.165, 1.54) is 51.0 Å². The minimum Gasteiger partial charge on any atom is -0.381 e. The van der Waals surface area contributed by atoms with E-state index in [2.05, 4.69) is 62.6 Å². The van der Waals surface area contributed by atoms with E-state index in [1.54, 1.807) is 17.8 Å². The van der Waals surface area contributed by atoms with Crippen LogP contribution < -0.4 is 15.8 Å². The van der Waals surface area contributed by atoms with Crippen molar-refractivity contribution in [3.05, 3.63) is 58.9 Å². The van der Waals surface area contributed by atoms with E-state index < -0.39 is 0 Å². The van der Waals surface area contributed by atoms with E-state index in [-0.39, 0.29) is 5.56 Å². The molecule has 3 aliphatic heterocycles. The average molecular weight is 577 g/mol. The molecule has 7 nitrogen and oxygen atoms in total. The van der Waals surface area contributed by atoms with Crippen LogP contribution in [0.2, 0.25) is 0 Å². The molecule has 0 spiro atoms. The lowest BCUT2D eigenvalue weighted by molar-refractivity contribution is 0.00560. The topological polar surface area (TPSA) is 69.8 Å². The van der Waals surface area contributed by atoms with Crippen LogP contribution in [0.4, 0.5) is 11.4 Å². The summed E-state index contributed by atoms with van der Waals surface area (Å²) in [6.07, 6.45) is 5.09. The van der Waals surface area contributed by atoms with Gasteiger partial charge in [0, 0.05) is 80.8 Å². The van der Waals surface area contributed by atoms with Gasteiger partial charge in [0.1, 0.15) is 0 Å². The third-order valence-electron chi connectivity index (χ3n) is 8.45. The van der Waals surface area contributed by atoms with Crippen molar-refractivity contribution < 1.29 is 9.47 Å². The molecule has 1 aliphatic carbocycles. The van der Waals surface area contributed by atoms with Crippen molar-refractivity contribution in [3.63, 3.8) is 0 Å². The predicted molar refractivity (Wildman–Crippen MR) is 162 cm³/mol. The van der Waals surface area contributed by atoms with Gasteiger partial charge in [-0.25, -0.2) is 0 Å². The Labute approximate surface area is 244 Å². The van der Waals surface area contributed by atoms with Crippen LogP contribution in [0.1, 0.15) is 25.7 Å². The van der Waals surface area contributed by atoms with Crippen LogP contribution in [-0.4, -0.2) is 74.6 Å². The number of rotatable bonds is 5. The number of H-pyrrole nitrogens is 1. The van der Waals surface area contributed by atoms with Crippen molar-refractivity contribution in [1.29, 1.82) is 0 Å². The van der Waals surface area contributed by atoms with Crippen LogP contribution in [0.15, 0.2) is 72.9 Å². The highest BCUT2D eigenvalue weighted by molar-refractivity contribution is 8.05. The number of aromatic amines is 1. The number of pyridine rings is 1. The molecule has 1 aromatic heterocycles. The summed E-state index contributed by atoms with van der Waals surface area (Å²) in [6.45, 7) is 6.77. The molecule has 9 heteroatoms. The van der Waals surface area contributed by atoms with Crippen LogP contribution in [0.3, 0.4) is 0 Å². The Balaban J connectivity index is 1.12. The number of benzene rings is 2. The van der Waals surface area contributed by atoms with Crippen molar-refractivity contribution >= 4 is 34.9 Å². The minimum atomic E-state index is -0.0701. The van der Waals surface area contributed by atoms with Crippen LogP contribution >= 0.6 is 23.5 Å². The zero-order valence-corrected chi connectivity index (χ0v) is 24.3. The van der Waals surface area contributed by atoms with Gasteiger partial charge in [-0.1, -0.05) is 48.5 Å². The molecule has 2 atom stereocenters. The van der Waals surface area contributed by atoms with Crippen molar-refractivity contribution in [2.75, 3.05) is 62.8 Å². The Morgan fingerprint density at radius 3 is 2.48 bits per heavy atom. The number of fused-ring (bicyclic) bond motifs is 2. The Morgan fingerprint density at radius 2 is 1.62 bits per heavy atom. The first-order valence-electron chi connectivity index (χ1n) is 14.5. The number of hydrogen-bond acceptors (Lipinski definition) is 8. The third-order valence-corrected chi connectivity index (χ3v) is 11.0. The Morgan fingerprint density at radius 1 is 0.825 bits per heavy atom. The smallest absolute Gasteiger partial charge is 0.250 e. The second kappa shape index (κ2) is 11.8. The van der Waals surface area contributed by atoms with E-state index in [0.717, 1.165) is 56.3 Å². The molecular weight excluding hydrogens is 541 g/mol. The van der Waals surface area contributed by atoms with Gasteiger partial charge in [0.25, 0.3) is 0 Å². The molecule has 7 rings (SSSR count). The number of anilines is 2. The lowest BCUT2D eigenvalue weighted by Crippen LogP contribution is -2.52. The van der Waals surface area contributed by atoms with Crippen LogP contribution in [0.25, 0.3) is 11.3 Å². The molecule has 4 heterocycles. The van der Waals surface area contributed by atoms with Crippen LogP contribution in [-0.2, 0) is 9.47 Å². The fraction of sp³-hybridized carbons (Fsp3) is 0.452. The first-order chi connectivity index (χ1) is 19.7. The second-order valence-corrected chi connectivity index (χ2v) is 13.1. The van der Waals surface area contributed by atoms with Gasteiger partial charge < -0.3 is 24.7 Å². The minimum absolute atomic E-state index is 0.0701. The van der Waals surface area contributed by atoms with E-state index >= 15 is 0 Å². The maximum Gasteiger partial charge on any atom is 0.250 e. The molecule has 1 saturated carbocycles. The van der Waals surface area contributed by atoms with E-state index in [0.29, 0.717) is 25.3 Å². The molecule has 0 bridgehead atoms. The van der Waals surface area contributed by atoms with Gasteiger partial charge in [-0.05, 0) is 43.2 Å². The molecule has 4 aliphatic rings. The SMILES string of the molecule is O=c1cc(N2CCOCC2)cc(-c2cccc3c2Sc2ccc(N[C@@H]4CCCC[C@H]4N4CCOCC4)cc2S3)[nH]1. The number of morpholine rings is 2. The zero-order valence-electron chi connectivity index (χ0n) is 22.7. The zero-order chi connectivity index (χ0) is 26.9. The van der Waals surface area contributed by atoms with Crippen molar-refractivity contribution in [1.82, 2.24) is 9.88 Å². The summed E-state index contributed by atoms with van der Waals surface area (Å²) in [5.74, 6) is 0. The summed E-state index contributed by atoms with van der Waals surface area (Å²) < 4.78 is 11.1. The van der Waals surface area contributed by atoms with Gasteiger partial charge in [-0.2, -0.15) is 0 Å². The average Bonchev–Trinajstić information content (AvgIpc) is 3.00. The maximum absolute atomic E-state index is 12.7. The number of aromatic nitrogens is 1. The summed E-state index contributed by atoms with van der Waals surface area (Å²) in [4.78, 5) is 25.6.